The molecule has 4 rings (SSSR count). The van der Waals surface area contributed by atoms with Crippen molar-refractivity contribution in [2.45, 2.75) is 57.6 Å². The van der Waals surface area contributed by atoms with Crippen LogP contribution in [0.25, 0.3) is 11.1 Å². The van der Waals surface area contributed by atoms with Crippen molar-refractivity contribution in [3.63, 3.8) is 0 Å². The third-order valence-corrected chi connectivity index (χ3v) is 7.13. The molecule has 0 spiro atoms. The molecule has 4 aromatic rings. The van der Waals surface area contributed by atoms with Gasteiger partial charge in [0, 0.05) is 29.8 Å². The van der Waals surface area contributed by atoms with Gasteiger partial charge in [0.25, 0.3) is 0 Å². The topological polar surface area (TPSA) is 123 Å². The van der Waals surface area contributed by atoms with E-state index in [-0.39, 0.29) is 17.7 Å². The SMILES string of the molecule is N[C@@H](Cc1ccccc1)C(=O)Nc1ccccc1-c1ccc(NC(=O)CCCCCCC(=O)NOCc2ccccc2)cc1. The van der Waals surface area contributed by atoms with Crippen LogP contribution in [-0.4, -0.2) is 23.8 Å². The lowest BCUT2D eigenvalue weighted by molar-refractivity contribution is -0.134. The van der Waals surface area contributed by atoms with Crippen LogP contribution < -0.4 is 21.8 Å². The maximum atomic E-state index is 12.8. The van der Waals surface area contributed by atoms with Gasteiger partial charge < -0.3 is 16.4 Å². The Balaban J connectivity index is 1.15. The molecule has 228 valence electrons. The molecule has 0 aromatic heterocycles. The summed E-state index contributed by atoms with van der Waals surface area (Å²) in [6.07, 6.45) is 4.46. The number of hydrogen-bond acceptors (Lipinski definition) is 5. The lowest BCUT2D eigenvalue weighted by Crippen LogP contribution is -2.37. The number of nitrogens with one attached hydrogen (secondary N) is 3. The molecule has 1 atom stereocenters. The summed E-state index contributed by atoms with van der Waals surface area (Å²) < 4.78 is 0. The molecule has 0 unspecified atom stereocenters. The first-order chi connectivity index (χ1) is 21.5. The monoisotopic (exact) mass is 592 g/mol. The lowest BCUT2D eigenvalue weighted by Gasteiger charge is -2.15. The normalized spacial score (nSPS) is 11.4. The molecular weight excluding hydrogens is 552 g/mol. The Morgan fingerprint density at radius 3 is 1.91 bits per heavy atom. The molecule has 44 heavy (non-hydrogen) atoms. The molecule has 8 heteroatoms. The number of hydrogen-bond donors (Lipinski definition) is 4. The number of benzene rings is 4. The van der Waals surface area contributed by atoms with Gasteiger partial charge in [0.05, 0.1) is 12.6 Å². The van der Waals surface area contributed by atoms with E-state index in [2.05, 4.69) is 16.1 Å². The van der Waals surface area contributed by atoms with Crippen LogP contribution in [-0.2, 0) is 32.2 Å². The van der Waals surface area contributed by atoms with E-state index in [0.717, 1.165) is 47.9 Å². The zero-order valence-electron chi connectivity index (χ0n) is 24.8. The Labute approximate surface area is 259 Å². The van der Waals surface area contributed by atoms with Crippen LogP contribution >= 0.6 is 0 Å². The Hall–Kier alpha value is -4.79. The largest absolute Gasteiger partial charge is 0.326 e. The number of carbonyl (C=O) groups is 3. The van der Waals surface area contributed by atoms with Gasteiger partial charge in [-0.15, -0.1) is 0 Å². The van der Waals surface area contributed by atoms with Gasteiger partial charge in [-0.25, -0.2) is 5.48 Å². The molecule has 0 heterocycles. The Kier molecular flexibility index (Phi) is 12.7. The number of anilines is 2. The van der Waals surface area contributed by atoms with Crippen molar-refractivity contribution in [1.29, 1.82) is 0 Å². The van der Waals surface area contributed by atoms with E-state index in [1.807, 2.05) is 109 Å². The number of rotatable bonds is 16. The minimum atomic E-state index is -0.674. The molecule has 8 nitrogen and oxygen atoms in total. The number of carbonyl (C=O) groups excluding carboxylic acids is 3. The molecule has 0 aliphatic rings. The van der Waals surface area contributed by atoms with E-state index in [4.69, 9.17) is 10.6 Å². The first kappa shape index (κ1) is 32.1. The maximum absolute atomic E-state index is 12.8. The van der Waals surface area contributed by atoms with E-state index >= 15 is 0 Å². The van der Waals surface area contributed by atoms with E-state index < -0.39 is 6.04 Å². The highest BCUT2D eigenvalue weighted by atomic mass is 16.6. The molecule has 4 aromatic carbocycles. The number of para-hydroxylation sites is 1. The van der Waals surface area contributed by atoms with Crippen LogP contribution in [0.1, 0.15) is 49.7 Å². The van der Waals surface area contributed by atoms with Crippen LogP contribution in [0.4, 0.5) is 11.4 Å². The third-order valence-electron chi connectivity index (χ3n) is 7.13. The fourth-order valence-corrected chi connectivity index (χ4v) is 4.74. The fourth-order valence-electron chi connectivity index (χ4n) is 4.74. The maximum Gasteiger partial charge on any atom is 0.243 e. The average molecular weight is 593 g/mol. The summed E-state index contributed by atoms with van der Waals surface area (Å²) in [5.74, 6) is -0.440. The van der Waals surface area contributed by atoms with Gasteiger partial charge in [0.1, 0.15) is 0 Å². The summed E-state index contributed by atoms with van der Waals surface area (Å²) in [5, 5.41) is 5.92. The second kappa shape index (κ2) is 17.4. The van der Waals surface area contributed by atoms with Crippen LogP contribution in [0.15, 0.2) is 109 Å². The summed E-state index contributed by atoms with van der Waals surface area (Å²) in [5.41, 5.74) is 13.8. The molecule has 0 aliphatic heterocycles. The molecule has 0 saturated heterocycles. The highest BCUT2D eigenvalue weighted by Crippen LogP contribution is 2.29. The van der Waals surface area contributed by atoms with E-state index in [1.54, 1.807) is 0 Å². The van der Waals surface area contributed by atoms with Crippen molar-refractivity contribution in [3.05, 3.63) is 120 Å². The zero-order valence-corrected chi connectivity index (χ0v) is 24.8. The van der Waals surface area contributed by atoms with Crippen molar-refractivity contribution in [3.8, 4) is 11.1 Å². The molecule has 0 radical (unpaired) electrons. The van der Waals surface area contributed by atoms with Gasteiger partial charge in [-0.3, -0.25) is 19.2 Å². The predicted molar refractivity (Wildman–Crippen MR) is 174 cm³/mol. The predicted octanol–water partition coefficient (Wildman–Crippen LogP) is 6.39. The van der Waals surface area contributed by atoms with Crippen LogP contribution in [0.2, 0.25) is 0 Å². The summed E-state index contributed by atoms with van der Waals surface area (Å²) in [7, 11) is 0. The molecular formula is C36H40N4O4. The zero-order chi connectivity index (χ0) is 31.0. The van der Waals surface area contributed by atoms with Crippen molar-refractivity contribution in [1.82, 2.24) is 5.48 Å². The average Bonchev–Trinajstić information content (AvgIpc) is 3.04. The van der Waals surface area contributed by atoms with Gasteiger partial charge in [-0.2, -0.15) is 0 Å². The van der Waals surface area contributed by atoms with Crippen molar-refractivity contribution in [2.75, 3.05) is 10.6 Å². The van der Waals surface area contributed by atoms with Crippen LogP contribution in [0, 0.1) is 0 Å². The molecule has 0 bridgehead atoms. The minimum absolute atomic E-state index is 0.0510. The number of amides is 3. The molecule has 5 N–H and O–H groups in total. The number of hydroxylamine groups is 1. The van der Waals surface area contributed by atoms with Crippen molar-refractivity contribution < 1.29 is 19.2 Å². The van der Waals surface area contributed by atoms with E-state index in [0.29, 0.717) is 37.2 Å². The van der Waals surface area contributed by atoms with Crippen molar-refractivity contribution >= 4 is 29.1 Å². The minimum Gasteiger partial charge on any atom is -0.326 e. The van der Waals surface area contributed by atoms with Gasteiger partial charge in [-0.1, -0.05) is 104 Å². The first-order valence-corrected chi connectivity index (χ1v) is 15.0. The molecule has 0 aliphatic carbocycles. The summed E-state index contributed by atoms with van der Waals surface area (Å²) in [6.45, 7) is 0.334. The number of unbranched alkanes of at least 4 members (excludes halogenated alkanes) is 3. The fraction of sp³-hybridized carbons (Fsp3) is 0.250. The first-order valence-electron chi connectivity index (χ1n) is 15.0. The summed E-state index contributed by atoms with van der Waals surface area (Å²) >= 11 is 0. The van der Waals surface area contributed by atoms with Gasteiger partial charge in [0.15, 0.2) is 0 Å². The number of nitrogens with two attached hydrogens (primary N) is 1. The van der Waals surface area contributed by atoms with Gasteiger partial charge in [0.2, 0.25) is 17.7 Å². The summed E-state index contributed by atoms with van der Waals surface area (Å²) in [6, 6.07) is 33.8. The Bertz CT molecular complexity index is 1480. The Morgan fingerprint density at radius 2 is 1.23 bits per heavy atom. The van der Waals surface area contributed by atoms with Crippen molar-refractivity contribution in [2.24, 2.45) is 5.73 Å². The second-order valence-electron chi connectivity index (χ2n) is 10.7. The smallest absolute Gasteiger partial charge is 0.243 e. The standard InChI is InChI=1S/C36H40N4O4/c37-32(25-27-13-5-3-6-14-27)36(43)39-33-18-12-11-17-31(33)29-21-23-30(24-22-29)38-34(41)19-9-1-2-10-20-35(42)40-44-26-28-15-7-4-8-16-28/h3-8,11-18,21-24,32H,1-2,9-10,19-20,25-26,37H2,(H,38,41)(H,39,43)(H,40,42)/t32-/m0/s1. The third kappa shape index (κ3) is 10.8. The van der Waals surface area contributed by atoms with Crippen LogP contribution in [0.3, 0.4) is 0 Å². The molecule has 0 saturated carbocycles. The Morgan fingerprint density at radius 1 is 0.636 bits per heavy atom. The molecule has 3 amide bonds. The quantitative estimate of drug-likeness (QED) is 0.0887. The highest BCUT2D eigenvalue weighted by molar-refractivity contribution is 5.98. The van der Waals surface area contributed by atoms with E-state index in [9.17, 15) is 14.4 Å². The summed E-state index contributed by atoms with van der Waals surface area (Å²) in [4.78, 5) is 42.5. The highest BCUT2D eigenvalue weighted by Gasteiger charge is 2.16. The molecule has 0 fully saturated rings. The van der Waals surface area contributed by atoms with Gasteiger partial charge >= 0.3 is 0 Å². The van der Waals surface area contributed by atoms with E-state index in [1.165, 1.54) is 0 Å². The van der Waals surface area contributed by atoms with Gasteiger partial charge in [-0.05, 0) is 54.2 Å². The van der Waals surface area contributed by atoms with Crippen LogP contribution in [0.5, 0.6) is 0 Å². The lowest BCUT2D eigenvalue weighted by atomic mass is 10.0. The second-order valence-corrected chi connectivity index (χ2v) is 10.7.